The average molecular weight is 177 g/mol. The van der Waals surface area contributed by atoms with E-state index in [0.717, 1.165) is 0 Å². The number of primary amides is 1. The lowest BCUT2D eigenvalue weighted by atomic mass is 10.4. The second-order valence-electron chi connectivity index (χ2n) is 2.55. The van der Waals surface area contributed by atoms with Gasteiger partial charge in [-0.3, -0.25) is 4.79 Å². The number of nitrogens with zero attached hydrogens (tertiary/aromatic N) is 4. The zero-order chi connectivity index (χ0) is 9.26. The first kappa shape index (κ1) is 7.66. The Hall–Kier alpha value is -1.98. The molecule has 0 aliphatic rings. The Morgan fingerprint density at radius 3 is 3.23 bits per heavy atom. The Bertz CT molecular complexity index is 449. The fraction of sp³-hybridized carbons (Fsp3) is 0.143. The van der Waals surface area contributed by atoms with Crippen LogP contribution in [0.5, 0.6) is 0 Å². The van der Waals surface area contributed by atoms with Crippen LogP contribution in [0, 0.1) is 0 Å². The molecule has 2 rings (SSSR count). The zero-order valence-corrected chi connectivity index (χ0v) is 6.71. The predicted octanol–water partition coefficient (Wildman–Crippen LogP) is -0.848. The average Bonchev–Trinajstić information content (AvgIpc) is 2.49. The molecule has 0 radical (unpaired) electrons. The molecule has 6 heteroatoms. The molecule has 1 amide bonds. The van der Waals surface area contributed by atoms with Gasteiger partial charge in [-0.05, 0) is 0 Å². The molecule has 0 unspecified atom stereocenters. The van der Waals surface area contributed by atoms with Gasteiger partial charge in [0.25, 0.3) is 0 Å². The minimum absolute atomic E-state index is 0.0572. The van der Waals surface area contributed by atoms with E-state index in [4.69, 9.17) is 5.73 Å². The van der Waals surface area contributed by atoms with Gasteiger partial charge in [-0.1, -0.05) is 0 Å². The van der Waals surface area contributed by atoms with Gasteiger partial charge in [-0.25, -0.2) is 14.5 Å². The standard InChI is InChI=1S/C7H7N5O/c8-5(13)3-6-9-4-12-7(11-6)1-2-10-12/h1-2,4H,3H2,(H2,8,13). The van der Waals surface area contributed by atoms with Crippen molar-refractivity contribution in [2.45, 2.75) is 6.42 Å². The van der Waals surface area contributed by atoms with Crippen LogP contribution in [0.25, 0.3) is 5.65 Å². The molecule has 0 aliphatic carbocycles. The third-order valence-electron chi connectivity index (χ3n) is 1.54. The number of hydrogen-bond donors (Lipinski definition) is 1. The third kappa shape index (κ3) is 1.46. The molecule has 0 spiro atoms. The molecule has 2 aromatic rings. The van der Waals surface area contributed by atoms with Crippen molar-refractivity contribution in [2.24, 2.45) is 5.73 Å². The third-order valence-corrected chi connectivity index (χ3v) is 1.54. The fourth-order valence-electron chi connectivity index (χ4n) is 1.01. The summed E-state index contributed by atoms with van der Waals surface area (Å²) in [6.45, 7) is 0. The van der Waals surface area contributed by atoms with Crippen LogP contribution in [0.1, 0.15) is 5.82 Å². The molecule has 0 atom stereocenters. The maximum Gasteiger partial charge on any atom is 0.225 e. The summed E-state index contributed by atoms with van der Waals surface area (Å²) < 4.78 is 1.52. The van der Waals surface area contributed by atoms with Crippen molar-refractivity contribution in [1.82, 2.24) is 19.6 Å². The first-order chi connectivity index (χ1) is 6.25. The van der Waals surface area contributed by atoms with Crippen molar-refractivity contribution in [3.05, 3.63) is 24.4 Å². The van der Waals surface area contributed by atoms with Crippen LogP contribution in [-0.4, -0.2) is 25.5 Å². The number of aromatic nitrogens is 4. The molecule has 0 aromatic carbocycles. The van der Waals surface area contributed by atoms with Crippen LogP contribution < -0.4 is 5.73 Å². The van der Waals surface area contributed by atoms with E-state index in [1.54, 1.807) is 12.3 Å². The lowest BCUT2D eigenvalue weighted by molar-refractivity contribution is -0.117. The number of amides is 1. The first-order valence-corrected chi connectivity index (χ1v) is 3.69. The van der Waals surface area contributed by atoms with Gasteiger partial charge in [0, 0.05) is 6.07 Å². The summed E-state index contributed by atoms with van der Waals surface area (Å²) in [5.74, 6) is -0.0237. The van der Waals surface area contributed by atoms with E-state index in [0.29, 0.717) is 11.5 Å². The highest BCUT2D eigenvalue weighted by Crippen LogP contribution is 1.97. The first-order valence-electron chi connectivity index (χ1n) is 3.69. The zero-order valence-electron chi connectivity index (χ0n) is 6.71. The highest BCUT2D eigenvalue weighted by atomic mass is 16.1. The summed E-state index contributed by atoms with van der Waals surface area (Å²) in [5, 5.41) is 3.91. The van der Waals surface area contributed by atoms with Crippen LogP contribution in [0.4, 0.5) is 0 Å². The SMILES string of the molecule is NC(=O)Cc1ncn2nccc2n1. The van der Waals surface area contributed by atoms with Crippen molar-refractivity contribution in [3.63, 3.8) is 0 Å². The van der Waals surface area contributed by atoms with E-state index in [9.17, 15) is 4.79 Å². The molecular formula is C7H7N5O. The van der Waals surface area contributed by atoms with E-state index in [1.807, 2.05) is 0 Å². The van der Waals surface area contributed by atoms with Crippen LogP contribution in [0.2, 0.25) is 0 Å². The minimum atomic E-state index is -0.441. The molecule has 66 valence electrons. The minimum Gasteiger partial charge on any atom is -0.369 e. The smallest absolute Gasteiger partial charge is 0.225 e. The normalized spacial score (nSPS) is 10.5. The molecule has 2 aromatic heterocycles. The van der Waals surface area contributed by atoms with Crippen LogP contribution in [-0.2, 0) is 11.2 Å². The van der Waals surface area contributed by atoms with Crippen molar-refractivity contribution in [2.75, 3.05) is 0 Å². The second-order valence-corrected chi connectivity index (χ2v) is 2.55. The van der Waals surface area contributed by atoms with Crippen molar-refractivity contribution in [3.8, 4) is 0 Å². The van der Waals surface area contributed by atoms with E-state index in [-0.39, 0.29) is 6.42 Å². The van der Waals surface area contributed by atoms with Gasteiger partial charge in [0.1, 0.15) is 12.2 Å². The number of hydrogen-bond acceptors (Lipinski definition) is 4. The van der Waals surface area contributed by atoms with Crippen LogP contribution >= 0.6 is 0 Å². The molecule has 0 saturated heterocycles. The van der Waals surface area contributed by atoms with Gasteiger partial charge in [0.15, 0.2) is 5.65 Å². The van der Waals surface area contributed by atoms with Crippen molar-refractivity contribution < 1.29 is 4.79 Å². The summed E-state index contributed by atoms with van der Waals surface area (Å²) in [6, 6.07) is 1.73. The molecule has 0 bridgehead atoms. The topological polar surface area (TPSA) is 86.2 Å². The Morgan fingerprint density at radius 1 is 1.62 bits per heavy atom. The van der Waals surface area contributed by atoms with E-state index < -0.39 is 5.91 Å². The van der Waals surface area contributed by atoms with Crippen LogP contribution in [0.3, 0.4) is 0 Å². The molecule has 2 N–H and O–H groups in total. The number of carbonyl (C=O) groups is 1. The molecule has 6 nitrogen and oxygen atoms in total. The molecule has 0 aliphatic heterocycles. The Morgan fingerprint density at radius 2 is 2.46 bits per heavy atom. The summed E-state index contributed by atoms with van der Waals surface area (Å²) in [7, 11) is 0. The summed E-state index contributed by atoms with van der Waals surface area (Å²) >= 11 is 0. The highest BCUT2D eigenvalue weighted by molar-refractivity contribution is 5.75. The monoisotopic (exact) mass is 177 g/mol. The summed E-state index contributed by atoms with van der Waals surface area (Å²) in [6.07, 6.45) is 3.17. The molecule has 0 fully saturated rings. The lowest BCUT2D eigenvalue weighted by Gasteiger charge is -1.95. The molecular weight excluding hydrogens is 170 g/mol. The summed E-state index contributed by atoms with van der Waals surface area (Å²) in [4.78, 5) is 18.5. The highest BCUT2D eigenvalue weighted by Gasteiger charge is 2.02. The lowest BCUT2D eigenvalue weighted by Crippen LogP contribution is -2.16. The number of fused-ring (bicyclic) bond motifs is 1. The van der Waals surface area contributed by atoms with E-state index >= 15 is 0 Å². The van der Waals surface area contributed by atoms with E-state index in [1.165, 1.54) is 10.8 Å². The maximum absolute atomic E-state index is 10.6. The Labute approximate surface area is 73.4 Å². The number of nitrogens with two attached hydrogens (primary N) is 1. The Kier molecular flexibility index (Phi) is 1.66. The van der Waals surface area contributed by atoms with Crippen molar-refractivity contribution >= 4 is 11.6 Å². The Balaban J connectivity index is 2.42. The van der Waals surface area contributed by atoms with E-state index in [2.05, 4.69) is 15.1 Å². The maximum atomic E-state index is 10.6. The largest absolute Gasteiger partial charge is 0.369 e. The predicted molar refractivity (Wildman–Crippen MR) is 43.7 cm³/mol. The van der Waals surface area contributed by atoms with Gasteiger partial charge in [-0.2, -0.15) is 5.10 Å². The quantitative estimate of drug-likeness (QED) is 0.647. The molecule has 0 saturated carbocycles. The molecule has 13 heavy (non-hydrogen) atoms. The van der Waals surface area contributed by atoms with Gasteiger partial charge in [0.2, 0.25) is 5.91 Å². The van der Waals surface area contributed by atoms with Crippen LogP contribution in [0.15, 0.2) is 18.6 Å². The van der Waals surface area contributed by atoms with Gasteiger partial charge < -0.3 is 5.73 Å². The van der Waals surface area contributed by atoms with Gasteiger partial charge in [-0.15, -0.1) is 0 Å². The number of carbonyl (C=O) groups excluding carboxylic acids is 1. The fourth-order valence-corrected chi connectivity index (χ4v) is 1.01. The summed E-state index contributed by atoms with van der Waals surface area (Å²) in [5.41, 5.74) is 5.66. The van der Waals surface area contributed by atoms with Gasteiger partial charge in [0.05, 0.1) is 12.6 Å². The van der Waals surface area contributed by atoms with Crippen molar-refractivity contribution in [1.29, 1.82) is 0 Å². The van der Waals surface area contributed by atoms with Gasteiger partial charge >= 0.3 is 0 Å². The number of rotatable bonds is 2. The molecule has 2 heterocycles. The second kappa shape index (κ2) is 2.81.